The summed E-state index contributed by atoms with van der Waals surface area (Å²) >= 11 is 0. The second kappa shape index (κ2) is 11.0. The zero-order valence-corrected chi connectivity index (χ0v) is 11.3. The first-order valence-corrected chi connectivity index (χ1v) is 6.60. The van der Waals surface area contributed by atoms with Gasteiger partial charge in [0.25, 0.3) is 0 Å². The lowest BCUT2D eigenvalue weighted by Gasteiger charge is -2.12. The molecular formula is C13H24O5. The van der Waals surface area contributed by atoms with Crippen LogP contribution in [-0.2, 0) is 19.1 Å². The van der Waals surface area contributed by atoms with E-state index < -0.39 is 17.9 Å². The second-order valence-electron chi connectivity index (χ2n) is 4.17. The van der Waals surface area contributed by atoms with E-state index in [4.69, 9.17) is 14.6 Å². The quantitative estimate of drug-likeness (QED) is 0.350. The van der Waals surface area contributed by atoms with Crippen LogP contribution >= 0.6 is 0 Å². The maximum absolute atomic E-state index is 11.5. The van der Waals surface area contributed by atoms with Crippen molar-refractivity contribution in [2.24, 2.45) is 5.92 Å². The van der Waals surface area contributed by atoms with Gasteiger partial charge in [-0.2, -0.15) is 0 Å². The average Bonchev–Trinajstić information content (AvgIpc) is 2.33. The smallest absolute Gasteiger partial charge is 0.320 e. The van der Waals surface area contributed by atoms with Crippen molar-refractivity contribution in [3.05, 3.63) is 0 Å². The van der Waals surface area contributed by atoms with Crippen molar-refractivity contribution in [2.45, 2.75) is 46.0 Å². The zero-order chi connectivity index (χ0) is 13.8. The summed E-state index contributed by atoms with van der Waals surface area (Å²) in [6.07, 6.45) is 3.81. The number of carboxylic acid groups (broad SMARTS) is 1. The molecule has 106 valence electrons. The number of hydrogen-bond acceptors (Lipinski definition) is 4. The van der Waals surface area contributed by atoms with Crippen molar-refractivity contribution in [3.8, 4) is 0 Å². The van der Waals surface area contributed by atoms with Gasteiger partial charge >= 0.3 is 11.9 Å². The molecule has 1 N–H and O–H groups in total. The fourth-order valence-electron chi connectivity index (χ4n) is 1.31. The van der Waals surface area contributed by atoms with Gasteiger partial charge in [0.2, 0.25) is 0 Å². The first kappa shape index (κ1) is 16.9. The Hall–Kier alpha value is -1.10. The number of unbranched alkanes of at least 4 members (excludes halogenated alkanes) is 2. The maximum atomic E-state index is 11.5. The Kier molecular flexibility index (Phi) is 10.3. The minimum absolute atomic E-state index is 0.171. The van der Waals surface area contributed by atoms with Gasteiger partial charge in [0.1, 0.15) is 0 Å². The van der Waals surface area contributed by atoms with Crippen molar-refractivity contribution in [2.75, 3.05) is 19.8 Å². The number of carboxylic acids is 1. The number of rotatable bonds is 11. The van der Waals surface area contributed by atoms with Crippen LogP contribution in [0.25, 0.3) is 0 Å². The molecule has 5 nitrogen and oxygen atoms in total. The van der Waals surface area contributed by atoms with Crippen molar-refractivity contribution in [3.63, 3.8) is 0 Å². The van der Waals surface area contributed by atoms with E-state index in [1.807, 2.05) is 6.92 Å². The van der Waals surface area contributed by atoms with Crippen LogP contribution in [0.2, 0.25) is 0 Å². The van der Waals surface area contributed by atoms with Gasteiger partial charge in [-0.05, 0) is 19.3 Å². The maximum Gasteiger partial charge on any atom is 0.320 e. The van der Waals surface area contributed by atoms with Gasteiger partial charge in [0.05, 0.1) is 6.61 Å². The molecule has 5 heteroatoms. The van der Waals surface area contributed by atoms with Crippen molar-refractivity contribution in [1.82, 2.24) is 0 Å². The highest BCUT2D eigenvalue weighted by Gasteiger charge is 2.27. The van der Waals surface area contributed by atoms with E-state index in [2.05, 4.69) is 6.92 Å². The van der Waals surface area contributed by atoms with E-state index >= 15 is 0 Å². The Morgan fingerprint density at radius 1 is 1.06 bits per heavy atom. The lowest BCUT2D eigenvalue weighted by molar-refractivity contribution is -0.159. The van der Waals surface area contributed by atoms with Gasteiger partial charge in [0, 0.05) is 13.2 Å². The molecule has 1 atom stereocenters. The van der Waals surface area contributed by atoms with E-state index in [0.717, 1.165) is 25.7 Å². The molecular weight excluding hydrogens is 236 g/mol. The molecule has 18 heavy (non-hydrogen) atoms. The van der Waals surface area contributed by atoms with Crippen LogP contribution in [0.1, 0.15) is 46.0 Å². The third-order valence-electron chi connectivity index (χ3n) is 2.52. The number of ether oxygens (including phenoxy) is 2. The van der Waals surface area contributed by atoms with Gasteiger partial charge in [-0.1, -0.05) is 26.7 Å². The van der Waals surface area contributed by atoms with Gasteiger partial charge in [-0.25, -0.2) is 0 Å². The van der Waals surface area contributed by atoms with Crippen LogP contribution in [0.5, 0.6) is 0 Å². The normalized spacial score (nSPS) is 12.1. The van der Waals surface area contributed by atoms with E-state index in [1.54, 1.807) is 0 Å². The summed E-state index contributed by atoms with van der Waals surface area (Å²) in [6, 6.07) is 0. The Morgan fingerprint density at radius 2 is 1.67 bits per heavy atom. The van der Waals surface area contributed by atoms with E-state index in [0.29, 0.717) is 6.61 Å². The van der Waals surface area contributed by atoms with Gasteiger partial charge in [-0.3, -0.25) is 9.59 Å². The van der Waals surface area contributed by atoms with Crippen LogP contribution in [0.15, 0.2) is 0 Å². The SMILES string of the molecule is CCCCOCCC(C(=O)O)C(=O)OCCCC. The monoisotopic (exact) mass is 260 g/mol. The largest absolute Gasteiger partial charge is 0.481 e. The second-order valence-corrected chi connectivity index (χ2v) is 4.17. The molecule has 0 saturated heterocycles. The molecule has 0 radical (unpaired) electrons. The van der Waals surface area contributed by atoms with Crippen LogP contribution in [0.4, 0.5) is 0 Å². The van der Waals surface area contributed by atoms with Crippen molar-refractivity contribution < 1.29 is 24.2 Å². The summed E-state index contributed by atoms with van der Waals surface area (Å²) in [5.41, 5.74) is 0. The molecule has 0 aliphatic heterocycles. The highest BCUT2D eigenvalue weighted by molar-refractivity contribution is 5.93. The summed E-state index contributed by atoms with van der Waals surface area (Å²) in [5, 5.41) is 8.95. The predicted molar refractivity (Wildman–Crippen MR) is 67.3 cm³/mol. The molecule has 0 aromatic heterocycles. The van der Waals surface area contributed by atoms with E-state index in [1.165, 1.54) is 0 Å². The van der Waals surface area contributed by atoms with Crippen molar-refractivity contribution in [1.29, 1.82) is 0 Å². The Morgan fingerprint density at radius 3 is 2.22 bits per heavy atom. The number of hydrogen-bond donors (Lipinski definition) is 1. The fraction of sp³-hybridized carbons (Fsp3) is 0.846. The van der Waals surface area contributed by atoms with Gasteiger partial charge in [-0.15, -0.1) is 0 Å². The third-order valence-corrected chi connectivity index (χ3v) is 2.52. The Bertz CT molecular complexity index is 240. The molecule has 0 amide bonds. The van der Waals surface area contributed by atoms with Crippen LogP contribution in [0.3, 0.4) is 0 Å². The molecule has 0 saturated carbocycles. The Labute approximate surface area is 108 Å². The van der Waals surface area contributed by atoms with Crippen molar-refractivity contribution >= 4 is 11.9 Å². The molecule has 0 aromatic rings. The first-order chi connectivity index (χ1) is 8.63. The molecule has 0 bridgehead atoms. The third kappa shape index (κ3) is 8.06. The lowest BCUT2D eigenvalue weighted by atomic mass is 10.1. The number of carbonyl (C=O) groups excluding carboxylic acids is 1. The summed E-state index contributed by atoms with van der Waals surface area (Å²) in [7, 11) is 0. The topological polar surface area (TPSA) is 72.8 Å². The van der Waals surface area contributed by atoms with Crippen LogP contribution in [0, 0.1) is 5.92 Å². The molecule has 0 spiro atoms. The van der Waals surface area contributed by atoms with E-state index in [-0.39, 0.29) is 19.6 Å². The lowest BCUT2D eigenvalue weighted by Crippen LogP contribution is -2.27. The molecule has 1 unspecified atom stereocenters. The number of carbonyl (C=O) groups is 2. The van der Waals surface area contributed by atoms with Crippen LogP contribution in [-0.4, -0.2) is 36.9 Å². The number of esters is 1. The minimum atomic E-state index is -1.14. The summed E-state index contributed by atoms with van der Waals surface area (Å²) in [5.74, 6) is -2.91. The summed E-state index contributed by atoms with van der Waals surface area (Å²) < 4.78 is 10.2. The molecule has 0 heterocycles. The van der Waals surface area contributed by atoms with Gasteiger partial charge < -0.3 is 14.6 Å². The molecule has 0 rings (SSSR count). The fourth-order valence-corrected chi connectivity index (χ4v) is 1.31. The summed E-state index contributed by atoms with van der Waals surface area (Å²) in [6.45, 7) is 5.20. The predicted octanol–water partition coefficient (Wildman–Crippen LogP) is 2.24. The summed E-state index contributed by atoms with van der Waals surface area (Å²) in [4.78, 5) is 22.5. The minimum Gasteiger partial charge on any atom is -0.481 e. The molecule has 0 aliphatic carbocycles. The molecule has 0 fully saturated rings. The molecule has 0 aliphatic rings. The molecule has 0 aromatic carbocycles. The standard InChI is InChI=1S/C13H24O5/c1-3-5-8-17-10-7-11(12(14)15)13(16)18-9-6-4-2/h11H,3-10H2,1-2H3,(H,14,15). The van der Waals surface area contributed by atoms with Gasteiger partial charge in [0.15, 0.2) is 5.92 Å². The average molecular weight is 260 g/mol. The highest BCUT2D eigenvalue weighted by atomic mass is 16.5. The van der Waals surface area contributed by atoms with Crippen LogP contribution < -0.4 is 0 Å². The van der Waals surface area contributed by atoms with E-state index in [9.17, 15) is 9.59 Å². The Balaban J connectivity index is 3.90. The highest BCUT2D eigenvalue weighted by Crippen LogP contribution is 2.08. The first-order valence-electron chi connectivity index (χ1n) is 6.60. The number of aliphatic carboxylic acids is 1. The zero-order valence-electron chi connectivity index (χ0n) is 11.3.